The molecule has 0 unspecified atom stereocenters. The van der Waals surface area contributed by atoms with E-state index in [4.69, 9.17) is 26.6 Å². The second-order valence-electron chi connectivity index (χ2n) is 9.09. The van der Waals surface area contributed by atoms with Crippen molar-refractivity contribution in [2.45, 2.75) is 104 Å². The molecule has 36 heavy (non-hydrogen) atoms. The van der Waals surface area contributed by atoms with Gasteiger partial charge in [-0.25, -0.2) is 0 Å². The molecule has 0 aromatic carbocycles. The summed E-state index contributed by atoms with van der Waals surface area (Å²) in [6, 6.07) is 1.87. The Kier molecular flexibility index (Phi) is 21.0. The summed E-state index contributed by atoms with van der Waals surface area (Å²) in [6.07, 6.45) is 9.11. The molecular formula is C26H56O6S2Si2. The first-order valence-corrected chi connectivity index (χ1v) is 20.6. The van der Waals surface area contributed by atoms with Crippen molar-refractivity contribution in [2.75, 3.05) is 56.9 Å². The number of thioether (sulfide) groups is 2. The lowest BCUT2D eigenvalue weighted by atomic mass is 9.87. The smallest absolute Gasteiger partial charge is 0.374 e. The van der Waals surface area contributed by atoms with Crippen LogP contribution >= 0.6 is 23.5 Å². The van der Waals surface area contributed by atoms with Gasteiger partial charge in [0.25, 0.3) is 0 Å². The Hall–Kier alpha value is 0.894. The third-order valence-corrected chi connectivity index (χ3v) is 15.3. The van der Waals surface area contributed by atoms with Gasteiger partial charge in [0, 0.05) is 57.0 Å². The maximum atomic E-state index is 5.99. The lowest BCUT2D eigenvalue weighted by Gasteiger charge is -2.30. The SMILES string of the molecule is CCO[Si](CCCSCCC1CCC(SCCC[Si](OCC)(OCC)OCC)CC1)(OCC)OCC. The standard InChI is InChI=1S/C26H56O6S2Si2/c1-7-27-35(28-8-2,29-9-3)23-13-20-33-22-19-25-15-17-26(18-16-25)34-21-14-24-36(30-10-4,31-11-5)32-12-6/h25-26H,7-24H2,1-6H3. The van der Waals surface area contributed by atoms with Crippen molar-refractivity contribution < 1.29 is 26.6 Å². The summed E-state index contributed by atoms with van der Waals surface area (Å²) in [4.78, 5) is 0. The molecule has 0 aliphatic heterocycles. The maximum Gasteiger partial charge on any atom is 0.500 e. The summed E-state index contributed by atoms with van der Waals surface area (Å²) in [7, 11) is -4.94. The molecule has 0 amide bonds. The molecule has 1 saturated carbocycles. The monoisotopic (exact) mass is 584 g/mol. The molecule has 0 spiro atoms. The molecule has 0 heterocycles. The highest BCUT2D eigenvalue weighted by molar-refractivity contribution is 7.99. The average Bonchev–Trinajstić information content (AvgIpc) is 2.86. The fourth-order valence-electron chi connectivity index (χ4n) is 4.87. The largest absolute Gasteiger partial charge is 0.500 e. The van der Waals surface area contributed by atoms with Gasteiger partial charge in [0.1, 0.15) is 0 Å². The third kappa shape index (κ3) is 14.3. The molecule has 0 N–H and O–H groups in total. The summed E-state index contributed by atoms with van der Waals surface area (Å²) in [5.41, 5.74) is 0. The average molecular weight is 585 g/mol. The van der Waals surface area contributed by atoms with E-state index < -0.39 is 17.6 Å². The van der Waals surface area contributed by atoms with Gasteiger partial charge in [0.05, 0.1) is 0 Å². The summed E-state index contributed by atoms with van der Waals surface area (Å²) in [5, 5.41) is 0.824. The molecule has 0 bridgehead atoms. The van der Waals surface area contributed by atoms with Gasteiger partial charge in [-0.1, -0.05) is 0 Å². The predicted octanol–water partition coefficient (Wildman–Crippen LogP) is 7.28. The van der Waals surface area contributed by atoms with Crippen molar-refractivity contribution in [3.05, 3.63) is 0 Å². The van der Waals surface area contributed by atoms with E-state index in [9.17, 15) is 0 Å². The van der Waals surface area contributed by atoms with Gasteiger partial charge in [0.2, 0.25) is 0 Å². The zero-order valence-electron chi connectivity index (χ0n) is 24.1. The van der Waals surface area contributed by atoms with Crippen molar-refractivity contribution in [1.29, 1.82) is 0 Å². The van der Waals surface area contributed by atoms with Crippen LogP contribution in [0.25, 0.3) is 0 Å². The van der Waals surface area contributed by atoms with Crippen LogP contribution < -0.4 is 0 Å². The maximum absolute atomic E-state index is 5.99. The Morgan fingerprint density at radius 3 is 1.39 bits per heavy atom. The summed E-state index contributed by atoms with van der Waals surface area (Å²) < 4.78 is 35.9. The fourth-order valence-corrected chi connectivity index (χ4v) is 12.9. The lowest BCUT2D eigenvalue weighted by molar-refractivity contribution is 0.0704. The summed E-state index contributed by atoms with van der Waals surface area (Å²) in [6.45, 7) is 16.2. The molecule has 0 aromatic heterocycles. The van der Waals surface area contributed by atoms with E-state index in [0.29, 0.717) is 39.6 Å². The van der Waals surface area contributed by atoms with Gasteiger partial charge in [-0.05, 0) is 110 Å². The Bertz CT molecular complexity index is 479. The van der Waals surface area contributed by atoms with Crippen LogP contribution in [-0.4, -0.2) is 79.8 Å². The minimum atomic E-state index is -2.48. The predicted molar refractivity (Wildman–Crippen MR) is 160 cm³/mol. The second kappa shape index (κ2) is 21.7. The number of hydrogen-bond donors (Lipinski definition) is 0. The normalized spacial score (nSPS) is 19.2. The van der Waals surface area contributed by atoms with Crippen molar-refractivity contribution in [2.24, 2.45) is 5.92 Å². The van der Waals surface area contributed by atoms with Crippen molar-refractivity contribution in [3.63, 3.8) is 0 Å². The van der Waals surface area contributed by atoms with Gasteiger partial charge < -0.3 is 26.6 Å². The van der Waals surface area contributed by atoms with Gasteiger partial charge in [-0.15, -0.1) is 0 Å². The first-order valence-electron chi connectivity index (χ1n) is 14.5. The Labute approximate surface area is 233 Å². The van der Waals surface area contributed by atoms with E-state index in [-0.39, 0.29) is 0 Å². The number of rotatable bonds is 24. The molecule has 0 atom stereocenters. The molecule has 0 radical (unpaired) electrons. The van der Waals surface area contributed by atoms with Crippen molar-refractivity contribution in [3.8, 4) is 0 Å². The summed E-state index contributed by atoms with van der Waals surface area (Å²) >= 11 is 4.25. The lowest BCUT2D eigenvalue weighted by Crippen LogP contribution is -2.46. The molecule has 1 fully saturated rings. The van der Waals surface area contributed by atoms with Crippen LogP contribution in [0.4, 0.5) is 0 Å². The van der Waals surface area contributed by atoms with Gasteiger partial charge in [0.15, 0.2) is 0 Å². The van der Waals surface area contributed by atoms with E-state index in [2.05, 4.69) is 23.5 Å². The highest BCUT2D eigenvalue weighted by Gasteiger charge is 2.40. The Morgan fingerprint density at radius 2 is 0.972 bits per heavy atom. The molecule has 6 nitrogen and oxygen atoms in total. The van der Waals surface area contributed by atoms with Crippen LogP contribution in [0.5, 0.6) is 0 Å². The van der Waals surface area contributed by atoms with E-state index in [1.807, 2.05) is 41.5 Å². The fraction of sp³-hybridized carbons (Fsp3) is 1.00. The van der Waals surface area contributed by atoms with E-state index >= 15 is 0 Å². The minimum Gasteiger partial charge on any atom is -0.374 e. The van der Waals surface area contributed by atoms with Gasteiger partial charge >= 0.3 is 17.6 Å². The highest BCUT2D eigenvalue weighted by Crippen LogP contribution is 2.35. The van der Waals surface area contributed by atoms with E-state index in [1.54, 1.807) is 0 Å². The zero-order valence-corrected chi connectivity index (χ0v) is 27.8. The molecular weight excluding hydrogens is 529 g/mol. The first kappa shape index (κ1) is 34.9. The molecule has 1 rings (SSSR count). The Morgan fingerprint density at radius 1 is 0.556 bits per heavy atom. The van der Waals surface area contributed by atoms with Gasteiger partial charge in [-0.3, -0.25) is 0 Å². The number of hydrogen-bond acceptors (Lipinski definition) is 8. The molecule has 1 aliphatic carbocycles. The topological polar surface area (TPSA) is 55.4 Å². The molecule has 216 valence electrons. The highest BCUT2D eigenvalue weighted by atomic mass is 32.2. The van der Waals surface area contributed by atoms with Crippen LogP contribution in [-0.2, 0) is 26.6 Å². The van der Waals surface area contributed by atoms with Crippen molar-refractivity contribution >= 4 is 41.1 Å². The molecule has 0 saturated heterocycles. The first-order chi connectivity index (χ1) is 17.5. The minimum absolute atomic E-state index is 0.663. The Balaban J connectivity index is 2.19. The quantitative estimate of drug-likeness (QED) is 0.0867. The van der Waals surface area contributed by atoms with E-state index in [0.717, 1.165) is 36.1 Å². The van der Waals surface area contributed by atoms with Crippen LogP contribution in [0.3, 0.4) is 0 Å². The van der Waals surface area contributed by atoms with Crippen molar-refractivity contribution in [1.82, 2.24) is 0 Å². The van der Waals surface area contributed by atoms with Gasteiger partial charge in [-0.2, -0.15) is 23.5 Å². The summed E-state index contributed by atoms with van der Waals surface area (Å²) in [5.74, 6) is 4.53. The third-order valence-electron chi connectivity index (χ3n) is 6.40. The zero-order chi connectivity index (χ0) is 26.5. The van der Waals surface area contributed by atoms with Crippen LogP contribution in [0, 0.1) is 5.92 Å². The molecule has 1 aliphatic rings. The van der Waals surface area contributed by atoms with Crippen LogP contribution in [0.2, 0.25) is 12.1 Å². The molecule has 0 aromatic rings. The second-order valence-corrected chi connectivity index (χ2v) is 17.2. The molecule has 10 heteroatoms. The van der Waals surface area contributed by atoms with E-state index in [1.165, 1.54) is 49.4 Å². The van der Waals surface area contributed by atoms with Crippen LogP contribution in [0.15, 0.2) is 0 Å². The van der Waals surface area contributed by atoms with Crippen LogP contribution in [0.1, 0.15) is 86.5 Å².